The first-order valence-corrected chi connectivity index (χ1v) is 21.3. The first-order valence-electron chi connectivity index (χ1n) is 20.5. The molecule has 14 nitrogen and oxygen atoms in total. The minimum Gasteiger partial charge on any atom is -0.384 e. The van der Waals surface area contributed by atoms with Crippen molar-refractivity contribution in [3.05, 3.63) is 123 Å². The van der Waals surface area contributed by atoms with Gasteiger partial charge >= 0.3 is 0 Å². The van der Waals surface area contributed by atoms with Gasteiger partial charge in [0.1, 0.15) is 17.9 Å². The molecule has 0 aliphatic carbocycles. The number of benzene rings is 2. The minimum absolute atomic E-state index is 0.0897. The van der Waals surface area contributed by atoms with E-state index in [9.17, 15) is 19.2 Å². The second kappa shape index (κ2) is 19.2. The molecule has 4 amide bonds. The number of aromatic nitrogens is 3. The summed E-state index contributed by atoms with van der Waals surface area (Å²) >= 11 is 3.48. The zero-order valence-electron chi connectivity index (χ0n) is 34.1. The second-order valence-electron chi connectivity index (χ2n) is 16.1. The number of likely N-dealkylation sites (N-methyl/N-ethyl adjacent to an activating group) is 1. The Balaban J connectivity index is 0.884. The van der Waals surface area contributed by atoms with Crippen LogP contribution in [0.2, 0.25) is 0 Å². The van der Waals surface area contributed by atoms with Crippen LogP contribution in [0.1, 0.15) is 66.2 Å². The number of carbonyl (C=O) groups is 4. The van der Waals surface area contributed by atoms with E-state index in [0.29, 0.717) is 44.1 Å². The maximum Gasteiger partial charge on any atom is 0.242 e. The van der Waals surface area contributed by atoms with Gasteiger partial charge in [-0.2, -0.15) is 0 Å². The van der Waals surface area contributed by atoms with Gasteiger partial charge in [-0.05, 0) is 104 Å². The summed E-state index contributed by atoms with van der Waals surface area (Å²) in [5, 5.41) is 16.5. The number of aromatic amines is 1. The monoisotopic (exact) mass is 876 g/mol. The second-order valence-corrected chi connectivity index (χ2v) is 17.0. The molecule has 3 aromatic heterocycles. The normalized spacial score (nSPS) is 19.7. The number of H-pyrrole nitrogens is 1. The number of nitrogen functional groups attached to an aromatic ring is 1. The maximum atomic E-state index is 13.4. The molecule has 8 N–H and O–H groups in total. The molecule has 2 aliphatic rings. The van der Waals surface area contributed by atoms with Crippen LogP contribution in [0.4, 0.5) is 5.82 Å². The number of hydrogen-bond acceptors (Lipinski definition) is 9. The third-order valence-electron chi connectivity index (χ3n) is 11.7. The van der Waals surface area contributed by atoms with E-state index in [1.807, 2.05) is 42.5 Å². The molecule has 0 spiro atoms. The Morgan fingerprint density at radius 3 is 2.48 bits per heavy atom. The first kappa shape index (κ1) is 42.5. The Kier molecular flexibility index (Phi) is 13.6. The number of amides is 4. The highest BCUT2D eigenvalue weighted by atomic mass is 79.9. The lowest BCUT2D eigenvalue weighted by molar-refractivity contribution is -0.139. The molecular formula is C45H53BrN10O4. The largest absolute Gasteiger partial charge is 0.384 e. The molecule has 2 saturated heterocycles. The van der Waals surface area contributed by atoms with Crippen molar-refractivity contribution in [1.29, 1.82) is 0 Å². The van der Waals surface area contributed by atoms with E-state index in [0.717, 1.165) is 56.4 Å². The van der Waals surface area contributed by atoms with Crippen molar-refractivity contribution in [1.82, 2.24) is 46.4 Å². The summed E-state index contributed by atoms with van der Waals surface area (Å²) in [4.78, 5) is 66.4. The van der Waals surface area contributed by atoms with Crippen LogP contribution in [0.25, 0.3) is 10.9 Å². The van der Waals surface area contributed by atoms with Crippen molar-refractivity contribution < 1.29 is 19.2 Å². The number of fused-ring (bicyclic) bond motifs is 1. The lowest BCUT2D eigenvalue weighted by Crippen LogP contribution is -2.50. The number of carbonyl (C=O) groups excluding carboxylic acids is 4. The minimum atomic E-state index is -0.708. The van der Waals surface area contributed by atoms with Crippen molar-refractivity contribution in [2.24, 2.45) is 5.92 Å². The highest BCUT2D eigenvalue weighted by Crippen LogP contribution is 2.28. The molecule has 0 bridgehead atoms. The Morgan fingerprint density at radius 2 is 1.68 bits per heavy atom. The van der Waals surface area contributed by atoms with Gasteiger partial charge in [0.05, 0.1) is 36.0 Å². The Hall–Kier alpha value is -5.64. The van der Waals surface area contributed by atoms with Gasteiger partial charge in [-0.25, -0.2) is 4.98 Å². The average Bonchev–Trinajstić information content (AvgIpc) is 4.03. The molecule has 0 radical (unpaired) electrons. The predicted molar refractivity (Wildman–Crippen MR) is 234 cm³/mol. The van der Waals surface area contributed by atoms with E-state index in [-0.39, 0.29) is 42.1 Å². The maximum absolute atomic E-state index is 13.4. The van der Waals surface area contributed by atoms with Gasteiger partial charge in [0.25, 0.3) is 0 Å². The van der Waals surface area contributed by atoms with Crippen LogP contribution in [0.15, 0.2) is 89.7 Å². The summed E-state index contributed by atoms with van der Waals surface area (Å²) in [6.07, 6.45) is 6.13. The van der Waals surface area contributed by atoms with Gasteiger partial charge in [0.15, 0.2) is 0 Å². The molecule has 7 rings (SSSR count). The lowest BCUT2D eigenvalue weighted by Gasteiger charge is -2.27. The molecule has 2 fully saturated rings. The van der Waals surface area contributed by atoms with Crippen LogP contribution in [-0.4, -0.2) is 87.8 Å². The number of rotatable bonds is 15. The number of nitrogens with one attached hydrogen (secondary N) is 6. The molecule has 60 heavy (non-hydrogen) atoms. The van der Waals surface area contributed by atoms with Gasteiger partial charge in [-0.3, -0.25) is 24.2 Å². The van der Waals surface area contributed by atoms with E-state index < -0.39 is 18.1 Å². The summed E-state index contributed by atoms with van der Waals surface area (Å²) in [5.74, 6) is -0.0343. The Labute approximate surface area is 358 Å². The SMILES string of the molecule is C[C@H](NC(=O)[C@H]1C[C@H](c2cccc(Cc3nc(N)ccc3CNC(=O)[C@H](C)N(C)C(=O)[C@H]3C[C@H](Cc4ccc(Br)cc4)CN3)c2)CN1)C(=O)NCc1cc2ccncc2[nH]1. The molecule has 314 valence electrons. The van der Waals surface area contributed by atoms with Crippen LogP contribution in [-0.2, 0) is 45.1 Å². The number of anilines is 1. The van der Waals surface area contributed by atoms with Crippen molar-refractivity contribution in [3.8, 4) is 0 Å². The zero-order chi connectivity index (χ0) is 42.3. The van der Waals surface area contributed by atoms with Crippen LogP contribution in [0.3, 0.4) is 0 Å². The molecule has 0 saturated carbocycles. The molecule has 5 aromatic rings. The highest BCUT2D eigenvalue weighted by molar-refractivity contribution is 9.10. The van der Waals surface area contributed by atoms with Gasteiger partial charge in [0, 0.05) is 48.3 Å². The summed E-state index contributed by atoms with van der Waals surface area (Å²) in [5.41, 5.74) is 12.8. The van der Waals surface area contributed by atoms with E-state index in [1.165, 1.54) is 10.5 Å². The summed E-state index contributed by atoms with van der Waals surface area (Å²) in [6.45, 7) is 5.32. The van der Waals surface area contributed by atoms with E-state index in [1.54, 1.807) is 39.4 Å². The third-order valence-corrected chi connectivity index (χ3v) is 12.3. The summed E-state index contributed by atoms with van der Waals surface area (Å²) < 4.78 is 1.04. The third kappa shape index (κ3) is 10.6. The van der Waals surface area contributed by atoms with Gasteiger partial charge < -0.3 is 42.2 Å². The van der Waals surface area contributed by atoms with Crippen molar-refractivity contribution in [2.45, 2.75) is 82.7 Å². The lowest BCUT2D eigenvalue weighted by atomic mass is 9.93. The standard InChI is InChI=1S/C45H53BrN10O4/c1-26(42(57)52-24-36-19-32-13-14-48-25-40(32)54-36)53-44(59)38-20-34(23-50-38)31-6-4-5-29(16-31)17-37-33(9-12-41(47)55-37)22-51-43(58)27(2)56(3)45(60)39-18-30(21-49-39)15-28-7-10-35(46)11-8-28/h4-14,16,19,25-27,30,34,38-39,49-50,54H,15,17-18,20-24H2,1-3H3,(H2,47,55)(H,51,58)(H,52,57)(H,53,59)/t26-,27-,30-,34-,38+,39+/m0/s1. The van der Waals surface area contributed by atoms with Crippen LogP contribution in [0.5, 0.6) is 0 Å². The Morgan fingerprint density at radius 1 is 0.900 bits per heavy atom. The van der Waals surface area contributed by atoms with E-state index in [2.05, 4.69) is 81.7 Å². The topological polar surface area (TPSA) is 199 Å². The quantitative estimate of drug-likeness (QED) is 0.0817. The fourth-order valence-corrected chi connectivity index (χ4v) is 8.36. The number of nitrogens with zero attached hydrogens (tertiary/aromatic N) is 3. The fourth-order valence-electron chi connectivity index (χ4n) is 8.09. The molecule has 0 unspecified atom stereocenters. The molecule has 2 aliphatic heterocycles. The van der Waals surface area contributed by atoms with E-state index in [4.69, 9.17) is 5.73 Å². The first-order chi connectivity index (χ1) is 28.9. The van der Waals surface area contributed by atoms with Crippen molar-refractivity contribution in [3.63, 3.8) is 0 Å². The van der Waals surface area contributed by atoms with Gasteiger partial charge in [-0.1, -0.05) is 58.4 Å². The van der Waals surface area contributed by atoms with Gasteiger partial charge in [0.2, 0.25) is 23.6 Å². The van der Waals surface area contributed by atoms with Crippen molar-refractivity contribution >= 4 is 56.3 Å². The average molecular weight is 878 g/mol. The van der Waals surface area contributed by atoms with Gasteiger partial charge in [-0.15, -0.1) is 0 Å². The molecule has 15 heteroatoms. The van der Waals surface area contributed by atoms with Crippen LogP contribution < -0.4 is 32.3 Å². The smallest absolute Gasteiger partial charge is 0.242 e. The Bertz CT molecular complexity index is 2300. The number of nitrogens with two attached hydrogens (primary N) is 1. The summed E-state index contributed by atoms with van der Waals surface area (Å²) in [6, 6.07) is 21.8. The zero-order valence-corrected chi connectivity index (χ0v) is 35.7. The molecule has 2 aromatic carbocycles. The number of halogens is 1. The molecular weight excluding hydrogens is 824 g/mol. The fraction of sp³-hybridized carbons (Fsp3) is 0.378. The van der Waals surface area contributed by atoms with E-state index >= 15 is 0 Å². The highest BCUT2D eigenvalue weighted by Gasteiger charge is 2.35. The van der Waals surface area contributed by atoms with Crippen LogP contribution in [0, 0.1) is 5.92 Å². The molecule has 6 atom stereocenters. The number of pyridine rings is 2. The molecule has 5 heterocycles. The summed E-state index contributed by atoms with van der Waals surface area (Å²) in [7, 11) is 1.68. The van der Waals surface area contributed by atoms with Crippen LogP contribution >= 0.6 is 15.9 Å². The van der Waals surface area contributed by atoms with Crippen molar-refractivity contribution in [2.75, 3.05) is 25.9 Å². The predicted octanol–water partition coefficient (Wildman–Crippen LogP) is 3.84. The number of hydrogen-bond donors (Lipinski definition) is 7.